The third-order valence-corrected chi connectivity index (χ3v) is 8.94. The Morgan fingerprint density at radius 3 is 2.44 bits per heavy atom. The van der Waals surface area contributed by atoms with Crippen molar-refractivity contribution in [3.05, 3.63) is 63.4 Å². The van der Waals surface area contributed by atoms with Gasteiger partial charge in [0.1, 0.15) is 0 Å². The number of hydrogen-bond acceptors (Lipinski definition) is 5. The van der Waals surface area contributed by atoms with Crippen LogP contribution in [0.2, 0.25) is 0 Å². The highest BCUT2D eigenvalue weighted by Crippen LogP contribution is 2.49. The standard InChI is InChI=1S/C23H22BrN3O4S/c24-17-7-9-18(10-8-17)32(30,31)22-19-3-1-2-4-20(19)23(29)27(26-22)25-21(28)13-16-12-14-5-6-15(16)11-14/h1-4,7-10,14-16H,5-6,11-13H2,(H,25,28)/t14-,15+,16-/m1/s1. The van der Waals surface area contributed by atoms with E-state index in [1.54, 1.807) is 36.4 Å². The molecule has 0 spiro atoms. The molecular formula is C23H22BrN3O4S. The largest absolute Gasteiger partial charge is 0.294 e. The molecule has 0 unspecified atom stereocenters. The summed E-state index contributed by atoms with van der Waals surface area (Å²) in [6, 6.07) is 12.6. The number of carbonyl (C=O) groups is 1. The first-order valence-electron chi connectivity index (χ1n) is 10.7. The molecule has 2 aliphatic carbocycles. The van der Waals surface area contributed by atoms with Crippen molar-refractivity contribution in [2.24, 2.45) is 17.8 Å². The van der Waals surface area contributed by atoms with Crippen LogP contribution >= 0.6 is 15.9 Å². The average molecular weight is 516 g/mol. The molecule has 2 aromatic carbocycles. The molecule has 3 aromatic rings. The van der Waals surface area contributed by atoms with E-state index in [-0.39, 0.29) is 26.6 Å². The lowest BCUT2D eigenvalue weighted by atomic mass is 9.86. The maximum Gasteiger partial charge on any atom is 0.294 e. The van der Waals surface area contributed by atoms with Crippen LogP contribution in [0.5, 0.6) is 0 Å². The van der Waals surface area contributed by atoms with Crippen LogP contribution in [0.3, 0.4) is 0 Å². The lowest BCUT2D eigenvalue weighted by Gasteiger charge is -2.21. The van der Waals surface area contributed by atoms with Crippen molar-refractivity contribution < 1.29 is 13.2 Å². The number of nitrogens with one attached hydrogen (secondary N) is 1. The van der Waals surface area contributed by atoms with E-state index >= 15 is 0 Å². The average Bonchev–Trinajstić information content (AvgIpc) is 3.39. The Morgan fingerprint density at radius 1 is 1.06 bits per heavy atom. The summed E-state index contributed by atoms with van der Waals surface area (Å²) < 4.78 is 27.5. The minimum atomic E-state index is -4.03. The van der Waals surface area contributed by atoms with Gasteiger partial charge in [-0.25, -0.2) is 13.8 Å². The lowest BCUT2D eigenvalue weighted by Crippen LogP contribution is -2.37. The molecule has 7 nitrogen and oxygen atoms in total. The molecule has 166 valence electrons. The molecule has 1 aromatic heterocycles. The molecule has 0 saturated heterocycles. The highest BCUT2D eigenvalue weighted by Gasteiger charge is 2.40. The summed E-state index contributed by atoms with van der Waals surface area (Å²) >= 11 is 3.30. The number of amides is 1. The molecule has 2 saturated carbocycles. The topological polar surface area (TPSA) is 98.1 Å². The first kappa shape index (κ1) is 21.3. The zero-order chi connectivity index (χ0) is 22.5. The van der Waals surface area contributed by atoms with Crippen LogP contribution in [0.25, 0.3) is 10.8 Å². The van der Waals surface area contributed by atoms with Crippen LogP contribution in [-0.4, -0.2) is 24.2 Å². The quantitative estimate of drug-likeness (QED) is 0.555. The Balaban J connectivity index is 1.52. The van der Waals surface area contributed by atoms with Crippen LogP contribution in [-0.2, 0) is 14.6 Å². The summed E-state index contributed by atoms with van der Waals surface area (Å²) in [7, 11) is -4.03. The van der Waals surface area contributed by atoms with Crippen molar-refractivity contribution in [2.75, 3.05) is 5.43 Å². The van der Waals surface area contributed by atoms with Crippen LogP contribution in [0.4, 0.5) is 0 Å². The van der Waals surface area contributed by atoms with E-state index in [0.29, 0.717) is 24.2 Å². The van der Waals surface area contributed by atoms with Gasteiger partial charge >= 0.3 is 0 Å². The number of hydrogen-bond donors (Lipinski definition) is 1. The number of benzene rings is 2. The van der Waals surface area contributed by atoms with Gasteiger partial charge in [-0.1, -0.05) is 40.5 Å². The van der Waals surface area contributed by atoms with Crippen molar-refractivity contribution in [1.82, 2.24) is 9.89 Å². The fourth-order valence-electron chi connectivity index (χ4n) is 5.19. The molecule has 0 radical (unpaired) electrons. The van der Waals surface area contributed by atoms with E-state index in [9.17, 15) is 18.0 Å². The van der Waals surface area contributed by atoms with Gasteiger partial charge in [0.05, 0.1) is 10.3 Å². The molecule has 32 heavy (non-hydrogen) atoms. The number of fused-ring (bicyclic) bond motifs is 3. The second kappa shape index (κ2) is 8.12. The smallest absolute Gasteiger partial charge is 0.273 e. The third-order valence-electron chi connectivity index (χ3n) is 6.71. The Labute approximate surface area is 193 Å². The normalized spacial score (nSPS) is 22.3. The van der Waals surface area contributed by atoms with Crippen molar-refractivity contribution in [1.29, 1.82) is 0 Å². The Hall–Kier alpha value is -2.52. The molecule has 5 rings (SSSR count). The lowest BCUT2D eigenvalue weighted by molar-refractivity contribution is -0.118. The first-order chi connectivity index (χ1) is 15.3. The second-order valence-corrected chi connectivity index (χ2v) is 11.5. The third kappa shape index (κ3) is 3.77. The summed E-state index contributed by atoms with van der Waals surface area (Å²) in [4.78, 5) is 26.5. The van der Waals surface area contributed by atoms with E-state index in [1.807, 2.05) is 0 Å². The monoisotopic (exact) mass is 515 g/mol. The molecular weight excluding hydrogens is 494 g/mol. The SMILES string of the molecule is O=C(C[C@H]1C[C@@H]2CC[C@H]1C2)Nn1nc(S(=O)(=O)c2ccc(Br)cc2)c2ccccc2c1=O. The molecule has 3 atom stereocenters. The Kier molecular flexibility index (Phi) is 5.41. The minimum Gasteiger partial charge on any atom is -0.273 e. The van der Waals surface area contributed by atoms with Gasteiger partial charge in [0.2, 0.25) is 15.7 Å². The fourth-order valence-corrected chi connectivity index (χ4v) is 6.83. The highest BCUT2D eigenvalue weighted by atomic mass is 79.9. The fraction of sp³-hybridized carbons (Fsp3) is 0.348. The zero-order valence-electron chi connectivity index (χ0n) is 17.2. The molecule has 2 aliphatic rings. The summed E-state index contributed by atoms with van der Waals surface area (Å²) in [5.74, 6) is 1.28. The van der Waals surface area contributed by atoms with E-state index in [4.69, 9.17) is 0 Å². The van der Waals surface area contributed by atoms with E-state index in [0.717, 1.165) is 22.1 Å². The van der Waals surface area contributed by atoms with Crippen molar-refractivity contribution in [3.63, 3.8) is 0 Å². The maximum atomic E-state index is 13.4. The van der Waals surface area contributed by atoms with Crippen molar-refractivity contribution in [3.8, 4) is 0 Å². The van der Waals surface area contributed by atoms with Crippen LogP contribution < -0.4 is 11.0 Å². The molecule has 1 heterocycles. The van der Waals surface area contributed by atoms with Crippen LogP contribution in [0.15, 0.2) is 67.7 Å². The van der Waals surface area contributed by atoms with E-state index < -0.39 is 15.4 Å². The number of sulfone groups is 1. The number of halogens is 1. The van der Waals surface area contributed by atoms with Gasteiger partial charge in [-0.3, -0.25) is 9.59 Å². The molecule has 1 amide bonds. The highest BCUT2D eigenvalue weighted by molar-refractivity contribution is 9.10. The van der Waals surface area contributed by atoms with Gasteiger partial charge in [-0.2, -0.15) is 0 Å². The maximum absolute atomic E-state index is 13.4. The van der Waals surface area contributed by atoms with Gasteiger partial charge in [-0.15, -0.1) is 9.89 Å². The van der Waals surface area contributed by atoms with Gasteiger partial charge in [0.15, 0.2) is 5.03 Å². The predicted octanol–water partition coefficient (Wildman–Crippen LogP) is 3.89. The van der Waals surface area contributed by atoms with Gasteiger partial charge < -0.3 is 0 Å². The van der Waals surface area contributed by atoms with Gasteiger partial charge in [0.25, 0.3) is 5.56 Å². The summed E-state index contributed by atoms with van der Waals surface area (Å²) in [6.07, 6.45) is 4.94. The second-order valence-electron chi connectivity index (χ2n) is 8.70. The van der Waals surface area contributed by atoms with Crippen molar-refractivity contribution >= 4 is 42.4 Å². The molecule has 0 aliphatic heterocycles. The molecule has 9 heteroatoms. The summed E-state index contributed by atoms with van der Waals surface area (Å²) in [5, 5.41) is 4.24. The number of aromatic nitrogens is 2. The minimum absolute atomic E-state index is 0.0526. The summed E-state index contributed by atoms with van der Waals surface area (Å²) in [5.41, 5.74) is 1.99. The summed E-state index contributed by atoms with van der Waals surface area (Å²) in [6.45, 7) is 0. The Bertz CT molecular complexity index is 1370. The van der Waals surface area contributed by atoms with Gasteiger partial charge in [-0.05, 0) is 67.3 Å². The number of nitrogens with zero attached hydrogens (tertiary/aromatic N) is 2. The van der Waals surface area contributed by atoms with Crippen molar-refractivity contribution in [2.45, 2.75) is 42.0 Å². The molecule has 2 bridgehead atoms. The number of rotatable bonds is 5. The number of carbonyl (C=O) groups excluding carboxylic acids is 1. The molecule has 1 N–H and O–H groups in total. The van der Waals surface area contributed by atoms with Crippen LogP contribution in [0, 0.1) is 17.8 Å². The zero-order valence-corrected chi connectivity index (χ0v) is 19.6. The van der Waals surface area contributed by atoms with Gasteiger partial charge in [0, 0.05) is 16.3 Å². The van der Waals surface area contributed by atoms with E-state index in [1.165, 1.54) is 25.0 Å². The predicted molar refractivity (Wildman–Crippen MR) is 124 cm³/mol. The Morgan fingerprint density at radius 2 is 1.78 bits per heavy atom. The first-order valence-corrected chi connectivity index (χ1v) is 12.9. The van der Waals surface area contributed by atoms with Crippen LogP contribution in [0.1, 0.15) is 32.1 Å². The van der Waals surface area contributed by atoms with E-state index in [2.05, 4.69) is 26.5 Å². The molecule has 2 fully saturated rings.